The van der Waals surface area contributed by atoms with Crippen molar-refractivity contribution in [3.8, 4) is 0 Å². The number of aryl methyl sites for hydroxylation is 1. The van der Waals surface area contributed by atoms with Crippen LogP contribution in [0.15, 0.2) is 17.5 Å². The third-order valence-corrected chi connectivity index (χ3v) is 4.11. The molecule has 0 saturated heterocycles. The Morgan fingerprint density at radius 1 is 1.50 bits per heavy atom. The minimum atomic E-state index is 0.890. The smallest absolute Gasteiger partial charge is 0.0413 e. The number of thiophene rings is 1. The Bertz CT molecular complexity index is 433. The van der Waals surface area contributed by atoms with Gasteiger partial charge in [-0.3, -0.25) is 0 Å². The van der Waals surface area contributed by atoms with Gasteiger partial charge in [-0.1, -0.05) is 0 Å². The second-order valence-electron chi connectivity index (χ2n) is 2.74. The monoisotopic (exact) mass is 289 g/mol. The highest BCUT2D eigenvalue weighted by Crippen LogP contribution is 2.32. The van der Waals surface area contributed by atoms with Crippen LogP contribution in [-0.2, 0) is 0 Å². The van der Waals surface area contributed by atoms with E-state index in [2.05, 4.69) is 41.0 Å². The average Bonchev–Trinajstić information content (AvgIpc) is 2.48. The van der Waals surface area contributed by atoms with Crippen molar-refractivity contribution in [3.63, 3.8) is 0 Å². The summed E-state index contributed by atoms with van der Waals surface area (Å²) in [4.78, 5) is 0. The molecule has 0 atom stereocenters. The highest BCUT2D eigenvalue weighted by atomic mass is 127. The van der Waals surface area contributed by atoms with Gasteiger partial charge in [0.2, 0.25) is 0 Å². The van der Waals surface area contributed by atoms with Crippen molar-refractivity contribution in [2.45, 2.75) is 6.92 Å². The molecule has 0 saturated carbocycles. The van der Waals surface area contributed by atoms with Gasteiger partial charge in [0.05, 0.1) is 0 Å². The number of benzene rings is 1. The third-order valence-electron chi connectivity index (χ3n) is 1.96. The van der Waals surface area contributed by atoms with E-state index in [0.717, 1.165) is 5.69 Å². The predicted molar refractivity (Wildman–Crippen MR) is 63.7 cm³/mol. The highest BCUT2D eigenvalue weighted by molar-refractivity contribution is 14.1. The minimum absolute atomic E-state index is 0.890. The molecule has 1 nitrogen and oxygen atoms in total. The van der Waals surface area contributed by atoms with Crippen LogP contribution in [0.1, 0.15) is 5.56 Å². The SMILES string of the molecule is Cc1c(I)cc(N)c2ccsc12. The van der Waals surface area contributed by atoms with Crippen LogP contribution < -0.4 is 5.73 Å². The molecular formula is C9H8INS. The largest absolute Gasteiger partial charge is 0.398 e. The van der Waals surface area contributed by atoms with E-state index >= 15 is 0 Å². The van der Waals surface area contributed by atoms with Gasteiger partial charge in [0, 0.05) is 19.3 Å². The molecule has 0 aliphatic carbocycles. The van der Waals surface area contributed by atoms with Crippen molar-refractivity contribution in [1.82, 2.24) is 0 Å². The fourth-order valence-electron chi connectivity index (χ4n) is 1.26. The molecule has 0 bridgehead atoms. The zero-order valence-corrected chi connectivity index (χ0v) is 9.57. The lowest BCUT2D eigenvalue weighted by Crippen LogP contribution is -1.88. The molecule has 3 heteroatoms. The number of nitrogens with two attached hydrogens (primary N) is 1. The molecule has 2 aromatic rings. The minimum Gasteiger partial charge on any atom is -0.398 e. The van der Waals surface area contributed by atoms with Crippen LogP contribution in [0.3, 0.4) is 0 Å². The van der Waals surface area contributed by atoms with E-state index in [9.17, 15) is 0 Å². The summed E-state index contributed by atoms with van der Waals surface area (Å²) >= 11 is 4.08. The van der Waals surface area contributed by atoms with Crippen molar-refractivity contribution in [2.24, 2.45) is 0 Å². The van der Waals surface area contributed by atoms with Crippen molar-refractivity contribution in [1.29, 1.82) is 0 Å². The number of anilines is 1. The zero-order chi connectivity index (χ0) is 8.72. The summed E-state index contributed by atoms with van der Waals surface area (Å²) in [5.41, 5.74) is 8.10. The van der Waals surface area contributed by atoms with Crippen molar-refractivity contribution >= 4 is 49.7 Å². The maximum Gasteiger partial charge on any atom is 0.0413 e. The summed E-state index contributed by atoms with van der Waals surface area (Å²) in [7, 11) is 0. The third kappa shape index (κ3) is 1.11. The molecule has 1 aromatic heterocycles. The summed E-state index contributed by atoms with van der Waals surface area (Å²) < 4.78 is 2.57. The molecule has 2 rings (SSSR count). The fourth-order valence-corrected chi connectivity index (χ4v) is 2.99. The molecule has 62 valence electrons. The van der Waals surface area contributed by atoms with Crippen LogP contribution in [-0.4, -0.2) is 0 Å². The lowest BCUT2D eigenvalue weighted by atomic mass is 10.1. The predicted octanol–water partition coefficient (Wildman–Crippen LogP) is 3.40. The number of hydrogen-bond acceptors (Lipinski definition) is 2. The Labute approximate surface area is 88.7 Å². The maximum atomic E-state index is 5.87. The van der Waals surface area contributed by atoms with E-state index in [1.54, 1.807) is 11.3 Å². The highest BCUT2D eigenvalue weighted by Gasteiger charge is 2.05. The van der Waals surface area contributed by atoms with Crippen molar-refractivity contribution in [3.05, 3.63) is 26.6 Å². The Hall–Kier alpha value is -0.290. The average molecular weight is 289 g/mol. The standard InChI is InChI=1S/C9H8INS/c1-5-7(10)4-8(11)6-2-3-12-9(5)6/h2-4H,11H2,1H3. The number of fused-ring (bicyclic) bond motifs is 1. The molecule has 0 unspecified atom stereocenters. The maximum absolute atomic E-state index is 5.87. The molecule has 1 aromatic carbocycles. The summed E-state index contributed by atoms with van der Waals surface area (Å²) in [6, 6.07) is 4.11. The van der Waals surface area contributed by atoms with Gasteiger partial charge in [0.1, 0.15) is 0 Å². The Morgan fingerprint density at radius 2 is 2.25 bits per heavy atom. The van der Waals surface area contributed by atoms with Crippen LogP contribution >= 0.6 is 33.9 Å². The molecule has 0 aliphatic rings. The van der Waals surface area contributed by atoms with E-state index in [0.29, 0.717) is 0 Å². The van der Waals surface area contributed by atoms with E-state index in [-0.39, 0.29) is 0 Å². The van der Waals surface area contributed by atoms with Crippen molar-refractivity contribution < 1.29 is 0 Å². The number of halogens is 1. The van der Waals surface area contributed by atoms with E-state index in [1.165, 1.54) is 19.2 Å². The normalized spacial score (nSPS) is 10.8. The van der Waals surface area contributed by atoms with E-state index < -0.39 is 0 Å². The van der Waals surface area contributed by atoms with Gasteiger partial charge in [-0.2, -0.15) is 0 Å². The summed E-state index contributed by atoms with van der Waals surface area (Å²) in [6.07, 6.45) is 0. The second kappa shape index (κ2) is 2.88. The second-order valence-corrected chi connectivity index (χ2v) is 4.81. The molecule has 0 fully saturated rings. The molecule has 0 radical (unpaired) electrons. The van der Waals surface area contributed by atoms with Gasteiger partial charge in [-0.25, -0.2) is 0 Å². The van der Waals surface area contributed by atoms with Crippen LogP contribution in [0.4, 0.5) is 5.69 Å². The first-order chi connectivity index (χ1) is 5.70. The summed E-state index contributed by atoms with van der Waals surface area (Å²) in [6.45, 7) is 2.14. The summed E-state index contributed by atoms with van der Waals surface area (Å²) in [5.74, 6) is 0. The first-order valence-corrected chi connectivity index (χ1v) is 5.58. The molecule has 12 heavy (non-hydrogen) atoms. The number of rotatable bonds is 0. The van der Waals surface area contributed by atoms with Gasteiger partial charge in [0.15, 0.2) is 0 Å². The first-order valence-electron chi connectivity index (χ1n) is 3.62. The molecular weight excluding hydrogens is 281 g/mol. The van der Waals surface area contributed by atoms with Gasteiger partial charge < -0.3 is 5.73 Å². The topological polar surface area (TPSA) is 26.0 Å². The quantitative estimate of drug-likeness (QED) is 0.584. The summed E-state index contributed by atoms with van der Waals surface area (Å²) in [5, 5.41) is 3.28. The van der Waals surface area contributed by atoms with Crippen LogP contribution in [0.2, 0.25) is 0 Å². The Morgan fingerprint density at radius 3 is 3.00 bits per heavy atom. The lowest BCUT2D eigenvalue weighted by Gasteiger charge is -2.02. The van der Waals surface area contributed by atoms with Gasteiger partial charge in [0.25, 0.3) is 0 Å². The molecule has 0 spiro atoms. The zero-order valence-electron chi connectivity index (χ0n) is 6.60. The number of nitrogen functional groups attached to an aromatic ring is 1. The van der Waals surface area contributed by atoms with Crippen molar-refractivity contribution in [2.75, 3.05) is 5.73 Å². The first kappa shape index (κ1) is 8.31. The molecule has 0 aliphatic heterocycles. The molecule has 2 N–H and O–H groups in total. The molecule has 1 heterocycles. The lowest BCUT2D eigenvalue weighted by molar-refractivity contribution is 1.50. The Kier molecular flexibility index (Phi) is 2.00. The van der Waals surface area contributed by atoms with Gasteiger partial charge >= 0.3 is 0 Å². The van der Waals surface area contributed by atoms with Gasteiger partial charge in [-0.05, 0) is 52.6 Å². The Balaban J connectivity index is 2.97. The van der Waals surface area contributed by atoms with Crippen LogP contribution in [0, 0.1) is 10.5 Å². The fraction of sp³-hybridized carbons (Fsp3) is 0.111. The van der Waals surface area contributed by atoms with Crippen LogP contribution in [0.25, 0.3) is 10.1 Å². The van der Waals surface area contributed by atoms with E-state index in [4.69, 9.17) is 5.73 Å². The van der Waals surface area contributed by atoms with Gasteiger partial charge in [-0.15, -0.1) is 11.3 Å². The van der Waals surface area contributed by atoms with Crippen LogP contribution in [0.5, 0.6) is 0 Å². The van der Waals surface area contributed by atoms with E-state index in [1.807, 2.05) is 6.07 Å². The molecule has 0 amide bonds. The number of hydrogen-bond donors (Lipinski definition) is 1.